The highest BCUT2D eigenvalue weighted by atomic mass is 16.1. The average Bonchev–Trinajstić information content (AvgIpc) is 2.44. The lowest BCUT2D eigenvalue weighted by Gasteiger charge is -2.04. The van der Waals surface area contributed by atoms with Crippen LogP contribution in [0.2, 0.25) is 0 Å². The van der Waals surface area contributed by atoms with Crippen LogP contribution in [0.5, 0.6) is 0 Å². The first kappa shape index (κ1) is 9.00. The van der Waals surface area contributed by atoms with Crippen LogP contribution in [0.4, 0.5) is 0 Å². The van der Waals surface area contributed by atoms with E-state index in [1.165, 1.54) is 11.1 Å². The van der Waals surface area contributed by atoms with Gasteiger partial charge in [0.25, 0.3) is 0 Å². The number of primary amides is 1. The first-order chi connectivity index (χ1) is 6.68. The van der Waals surface area contributed by atoms with Gasteiger partial charge in [-0.3, -0.25) is 4.79 Å². The number of allylic oxidation sites excluding steroid dienone is 1. The second-order valence-electron chi connectivity index (χ2n) is 3.71. The number of nitrogens with two attached hydrogens (primary N) is 1. The van der Waals surface area contributed by atoms with Crippen LogP contribution < -0.4 is 5.73 Å². The molecule has 0 bridgehead atoms. The summed E-state index contributed by atoms with van der Waals surface area (Å²) in [6.45, 7) is 2.13. The summed E-state index contributed by atoms with van der Waals surface area (Å²) in [6, 6.07) is 8.17. The van der Waals surface area contributed by atoms with Crippen LogP contribution in [-0.4, -0.2) is 5.91 Å². The quantitative estimate of drug-likeness (QED) is 0.756. The van der Waals surface area contributed by atoms with Crippen LogP contribution in [0.15, 0.2) is 30.3 Å². The second-order valence-corrected chi connectivity index (χ2v) is 3.71. The normalized spacial score (nSPS) is 18.9. The van der Waals surface area contributed by atoms with Crippen LogP contribution in [-0.2, 0) is 4.79 Å². The van der Waals surface area contributed by atoms with E-state index >= 15 is 0 Å². The van der Waals surface area contributed by atoms with Crippen LogP contribution in [0.1, 0.15) is 30.4 Å². The maximum absolute atomic E-state index is 10.9. The predicted molar refractivity (Wildman–Crippen MR) is 56.6 cm³/mol. The molecule has 1 aliphatic rings. The molecule has 0 spiro atoms. The third kappa shape index (κ3) is 1.43. The minimum absolute atomic E-state index is 0.264. The Hall–Kier alpha value is -1.57. The molecule has 2 rings (SSSR count). The van der Waals surface area contributed by atoms with Crippen molar-refractivity contribution in [1.29, 1.82) is 0 Å². The topological polar surface area (TPSA) is 43.1 Å². The van der Waals surface area contributed by atoms with Gasteiger partial charge < -0.3 is 5.73 Å². The molecule has 72 valence electrons. The van der Waals surface area contributed by atoms with Gasteiger partial charge in [0.2, 0.25) is 5.91 Å². The monoisotopic (exact) mass is 187 g/mol. The molecule has 1 unspecified atom stereocenters. The molecule has 1 aromatic carbocycles. The van der Waals surface area contributed by atoms with Crippen molar-refractivity contribution in [2.24, 2.45) is 5.73 Å². The van der Waals surface area contributed by atoms with E-state index in [1.54, 1.807) is 0 Å². The smallest absolute Gasteiger partial charge is 0.221 e. The lowest BCUT2D eigenvalue weighted by Crippen LogP contribution is -2.10. The Morgan fingerprint density at radius 1 is 1.43 bits per heavy atom. The lowest BCUT2D eigenvalue weighted by atomic mass is 10.0. The maximum atomic E-state index is 10.9. The number of rotatable bonds is 2. The fourth-order valence-electron chi connectivity index (χ4n) is 2.01. The minimum atomic E-state index is -0.264. The molecule has 1 aromatic rings. The van der Waals surface area contributed by atoms with Gasteiger partial charge in [0.1, 0.15) is 0 Å². The van der Waals surface area contributed by atoms with Crippen molar-refractivity contribution in [3.8, 4) is 0 Å². The van der Waals surface area contributed by atoms with E-state index in [0.29, 0.717) is 12.3 Å². The van der Waals surface area contributed by atoms with Crippen LogP contribution in [0.25, 0.3) is 5.57 Å². The van der Waals surface area contributed by atoms with Crippen LogP contribution >= 0.6 is 0 Å². The van der Waals surface area contributed by atoms with Gasteiger partial charge in [-0.25, -0.2) is 0 Å². The van der Waals surface area contributed by atoms with Gasteiger partial charge in [-0.2, -0.15) is 0 Å². The van der Waals surface area contributed by atoms with Gasteiger partial charge in [0, 0.05) is 5.92 Å². The van der Waals surface area contributed by atoms with Crippen molar-refractivity contribution >= 4 is 11.5 Å². The van der Waals surface area contributed by atoms with Gasteiger partial charge in [-0.15, -0.1) is 0 Å². The zero-order valence-electron chi connectivity index (χ0n) is 8.16. The summed E-state index contributed by atoms with van der Waals surface area (Å²) in [4.78, 5) is 10.9. The number of hydrogen-bond acceptors (Lipinski definition) is 1. The highest BCUT2D eigenvalue weighted by Gasteiger charge is 2.19. The number of amides is 1. The molecular weight excluding hydrogens is 174 g/mol. The van der Waals surface area contributed by atoms with E-state index < -0.39 is 0 Å². The van der Waals surface area contributed by atoms with Crippen LogP contribution in [0.3, 0.4) is 0 Å². The standard InChI is InChI=1S/C12H13NO/c1-8-6-9(7-12(13)14)11-5-3-2-4-10(8)11/h2-6,8H,7H2,1H3,(H2,13,14). The lowest BCUT2D eigenvalue weighted by molar-refractivity contribution is -0.117. The Bertz CT molecular complexity index is 407. The molecule has 0 aliphatic heterocycles. The van der Waals surface area contributed by atoms with E-state index in [-0.39, 0.29) is 5.91 Å². The molecule has 2 nitrogen and oxygen atoms in total. The maximum Gasteiger partial charge on any atom is 0.221 e. The molecule has 1 atom stereocenters. The molecule has 0 saturated heterocycles. The summed E-state index contributed by atoms with van der Waals surface area (Å²) < 4.78 is 0. The van der Waals surface area contributed by atoms with E-state index in [9.17, 15) is 4.79 Å². The largest absolute Gasteiger partial charge is 0.369 e. The van der Waals surface area contributed by atoms with E-state index in [1.807, 2.05) is 18.2 Å². The number of carbonyl (C=O) groups is 1. The third-order valence-corrected chi connectivity index (χ3v) is 2.61. The van der Waals surface area contributed by atoms with E-state index in [2.05, 4.69) is 19.1 Å². The van der Waals surface area contributed by atoms with Crippen LogP contribution in [0, 0.1) is 0 Å². The average molecular weight is 187 g/mol. The number of benzene rings is 1. The Morgan fingerprint density at radius 2 is 2.14 bits per heavy atom. The summed E-state index contributed by atoms with van der Waals surface area (Å²) in [7, 11) is 0. The minimum Gasteiger partial charge on any atom is -0.369 e. The summed E-state index contributed by atoms with van der Waals surface area (Å²) in [6.07, 6.45) is 2.47. The van der Waals surface area contributed by atoms with Crippen molar-refractivity contribution in [2.75, 3.05) is 0 Å². The molecule has 14 heavy (non-hydrogen) atoms. The fourth-order valence-corrected chi connectivity index (χ4v) is 2.01. The van der Waals surface area contributed by atoms with Gasteiger partial charge in [0.05, 0.1) is 6.42 Å². The number of carbonyl (C=O) groups excluding carboxylic acids is 1. The van der Waals surface area contributed by atoms with Gasteiger partial charge in [-0.05, 0) is 16.7 Å². The summed E-state index contributed by atoms with van der Waals surface area (Å²) in [5.41, 5.74) is 8.74. The van der Waals surface area contributed by atoms with Crippen molar-refractivity contribution in [1.82, 2.24) is 0 Å². The van der Waals surface area contributed by atoms with Crippen molar-refractivity contribution in [3.05, 3.63) is 41.5 Å². The zero-order valence-corrected chi connectivity index (χ0v) is 8.16. The molecule has 1 aliphatic carbocycles. The zero-order chi connectivity index (χ0) is 10.1. The van der Waals surface area contributed by atoms with E-state index in [4.69, 9.17) is 5.73 Å². The molecule has 0 heterocycles. The number of fused-ring (bicyclic) bond motifs is 1. The fraction of sp³-hybridized carbons (Fsp3) is 0.250. The molecule has 2 heteroatoms. The highest BCUT2D eigenvalue weighted by molar-refractivity contribution is 5.90. The number of hydrogen-bond donors (Lipinski definition) is 1. The Kier molecular flexibility index (Phi) is 2.12. The molecule has 1 amide bonds. The van der Waals surface area contributed by atoms with Gasteiger partial charge in [-0.1, -0.05) is 37.3 Å². The first-order valence-corrected chi connectivity index (χ1v) is 4.77. The second kappa shape index (κ2) is 3.29. The first-order valence-electron chi connectivity index (χ1n) is 4.77. The molecular formula is C12H13NO. The molecule has 0 radical (unpaired) electrons. The summed E-state index contributed by atoms with van der Waals surface area (Å²) >= 11 is 0. The Balaban J connectivity index is 2.38. The Labute approximate surface area is 83.4 Å². The molecule has 0 saturated carbocycles. The summed E-state index contributed by atoms with van der Waals surface area (Å²) in [5, 5.41) is 0. The van der Waals surface area contributed by atoms with Crippen molar-refractivity contribution in [2.45, 2.75) is 19.3 Å². The van der Waals surface area contributed by atoms with Gasteiger partial charge >= 0.3 is 0 Å². The molecule has 2 N–H and O–H groups in total. The summed E-state index contributed by atoms with van der Waals surface area (Å²) in [5.74, 6) is 0.140. The molecule has 0 aromatic heterocycles. The third-order valence-electron chi connectivity index (χ3n) is 2.61. The Morgan fingerprint density at radius 3 is 2.86 bits per heavy atom. The van der Waals surface area contributed by atoms with Gasteiger partial charge in [0.15, 0.2) is 0 Å². The highest BCUT2D eigenvalue weighted by Crippen LogP contribution is 2.36. The molecule has 0 fully saturated rings. The van der Waals surface area contributed by atoms with E-state index in [0.717, 1.165) is 5.57 Å². The predicted octanol–water partition coefficient (Wildman–Crippen LogP) is 2.06. The van der Waals surface area contributed by atoms with Crippen molar-refractivity contribution < 1.29 is 4.79 Å². The van der Waals surface area contributed by atoms with Crippen molar-refractivity contribution in [3.63, 3.8) is 0 Å². The SMILES string of the molecule is CC1C=C(CC(N)=O)c2ccccc21.